The van der Waals surface area contributed by atoms with Crippen molar-refractivity contribution in [2.45, 2.75) is 6.42 Å². The second kappa shape index (κ2) is 4.91. The van der Waals surface area contributed by atoms with Crippen molar-refractivity contribution < 1.29 is 9.59 Å². The lowest BCUT2D eigenvalue weighted by Gasteiger charge is -2.37. The van der Waals surface area contributed by atoms with E-state index in [4.69, 9.17) is 0 Å². The van der Waals surface area contributed by atoms with E-state index in [1.54, 1.807) is 6.21 Å². The monoisotopic (exact) mass is 342 g/mol. The molecule has 2 bridgehead atoms. The molecule has 0 N–H and O–H groups in total. The van der Waals surface area contributed by atoms with E-state index < -0.39 is 0 Å². The van der Waals surface area contributed by atoms with Crippen LogP contribution in [0.15, 0.2) is 59.7 Å². The smallest absolute Gasteiger partial charge is 0.254 e. The van der Waals surface area contributed by atoms with Gasteiger partial charge in [0.05, 0.1) is 18.1 Å². The molecule has 3 fully saturated rings. The number of hydrazone groups is 1. The summed E-state index contributed by atoms with van der Waals surface area (Å²) in [5.74, 6) is 1.11. The van der Waals surface area contributed by atoms with Gasteiger partial charge >= 0.3 is 0 Å². The van der Waals surface area contributed by atoms with Crippen molar-refractivity contribution in [1.29, 1.82) is 0 Å². The number of fused-ring (bicyclic) bond motifs is 1. The van der Waals surface area contributed by atoms with Crippen molar-refractivity contribution in [3.05, 3.63) is 60.2 Å². The van der Waals surface area contributed by atoms with Crippen LogP contribution >= 0.6 is 0 Å². The topological polar surface area (TPSA) is 49.7 Å². The molecule has 2 aromatic carbocycles. The number of nitrogens with zero attached hydrogens (tertiary/aromatic N) is 2. The number of hydrogen-bond acceptors (Lipinski definition) is 3. The molecule has 2 saturated carbocycles. The molecule has 128 valence electrons. The molecular formula is C22H18N2O2. The molecule has 1 heterocycles. The summed E-state index contributed by atoms with van der Waals surface area (Å²) in [4.78, 5) is 25.9. The first kappa shape index (κ1) is 14.4. The molecule has 0 radical (unpaired) electrons. The van der Waals surface area contributed by atoms with Crippen molar-refractivity contribution in [2.75, 3.05) is 0 Å². The van der Waals surface area contributed by atoms with Gasteiger partial charge in [-0.05, 0) is 40.9 Å². The standard InChI is InChI=1S/C22H18N2O2/c25-21-19-15-8-9-16(18-10-17(15)18)20(19)22(26)24(21)23-11-13-6-3-5-12-4-1-2-7-14(12)13/h1-9,11,15-20H,10H2/b23-11-/t15-,16-,17-,18-,19-,20+/m1/s1. The number of carbonyl (C=O) groups excluding carboxylic acids is 2. The van der Waals surface area contributed by atoms with Crippen LogP contribution in [-0.4, -0.2) is 23.0 Å². The third-order valence-corrected chi connectivity index (χ3v) is 6.78. The minimum absolute atomic E-state index is 0.110. The Morgan fingerprint density at radius 2 is 1.54 bits per heavy atom. The lowest BCUT2D eigenvalue weighted by Crippen LogP contribution is -2.40. The maximum absolute atomic E-state index is 12.9. The highest BCUT2D eigenvalue weighted by Gasteiger charge is 2.67. The summed E-state index contributed by atoms with van der Waals surface area (Å²) >= 11 is 0. The van der Waals surface area contributed by atoms with Crippen LogP contribution in [0.1, 0.15) is 12.0 Å². The Balaban J connectivity index is 1.36. The summed E-state index contributed by atoms with van der Waals surface area (Å²) < 4.78 is 0. The second-order valence-corrected chi connectivity index (χ2v) is 7.96. The summed E-state index contributed by atoms with van der Waals surface area (Å²) in [5, 5.41) is 7.68. The quantitative estimate of drug-likeness (QED) is 0.478. The number of rotatable bonds is 2. The molecule has 0 unspecified atom stereocenters. The zero-order valence-electron chi connectivity index (χ0n) is 14.2. The summed E-state index contributed by atoms with van der Waals surface area (Å²) in [5.41, 5.74) is 0.919. The maximum atomic E-state index is 12.9. The van der Waals surface area contributed by atoms with Gasteiger partial charge in [-0.2, -0.15) is 10.1 Å². The molecule has 7 rings (SSSR count). The zero-order chi connectivity index (χ0) is 17.4. The number of allylic oxidation sites excluding steroid dienone is 2. The SMILES string of the molecule is O=C1[C@@H]2[C@@H]3C=C[C@H]([C@H]4C[C@H]34)[C@@H]2C(=O)N1/N=C\c1cccc2ccccc12. The predicted molar refractivity (Wildman–Crippen MR) is 98.1 cm³/mol. The largest absolute Gasteiger partial charge is 0.272 e. The molecule has 5 aliphatic rings. The molecule has 0 spiro atoms. The Bertz CT molecular complexity index is 982. The second-order valence-electron chi connectivity index (χ2n) is 7.96. The van der Waals surface area contributed by atoms with E-state index in [2.05, 4.69) is 17.3 Å². The number of benzene rings is 2. The van der Waals surface area contributed by atoms with Gasteiger partial charge < -0.3 is 0 Å². The third kappa shape index (κ3) is 1.77. The summed E-state index contributed by atoms with van der Waals surface area (Å²) in [6, 6.07) is 14.0. The fourth-order valence-electron chi connectivity index (χ4n) is 5.54. The highest BCUT2D eigenvalue weighted by atomic mass is 16.2. The summed E-state index contributed by atoms with van der Waals surface area (Å²) in [7, 11) is 0. The van der Waals surface area contributed by atoms with Gasteiger partial charge in [0.25, 0.3) is 11.8 Å². The molecule has 6 atom stereocenters. The van der Waals surface area contributed by atoms with Crippen molar-refractivity contribution in [1.82, 2.24) is 5.01 Å². The van der Waals surface area contributed by atoms with Gasteiger partial charge in [0.1, 0.15) is 0 Å². The molecule has 4 heteroatoms. The van der Waals surface area contributed by atoms with Crippen molar-refractivity contribution in [3.63, 3.8) is 0 Å². The van der Waals surface area contributed by atoms with E-state index in [0.29, 0.717) is 11.8 Å². The van der Waals surface area contributed by atoms with Gasteiger partial charge in [0.15, 0.2) is 0 Å². The predicted octanol–water partition coefficient (Wildman–Crippen LogP) is 3.23. The Labute approximate surface area is 151 Å². The maximum Gasteiger partial charge on any atom is 0.254 e. The van der Waals surface area contributed by atoms with Gasteiger partial charge in [-0.1, -0.05) is 54.6 Å². The van der Waals surface area contributed by atoms with Crippen LogP contribution in [0.5, 0.6) is 0 Å². The van der Waals surface area contributed by atoms with Crippen LogP contribution in [0.2, 0.25) is 0 Å². The van der Waals surface area contributed by atoms with Gasteiger partial charge in [-0.15, -0.1) is 0 Å². The van der Waals surface area contributed by atoms with Crippen LogP contribution in [0.25, 0.3) is 10.8 Å². The lowest BCUT2D eigenvalue weighted by atomic mass is 9.63. The fraction of sp³-hybridized carbons (Fsp3) is 0.318. The lowest BCUT2D eigenvalue weighted by molar-refractivity contribution is -0.140. The number of imide groups is 1. The van der Waals surface area contributed by atoms with Gasteiger partial charge in [-0.3, -0.25) is 9.59 Å². The molecule has 1 saturated heterocycles. The number of carbonyl (C=O) groups is 2. The number of amides is 2. The first-order chi connectivity index (χ1) is 12.7. The van der Waals surface area contributed by atoms with Gasteiger partial charge in [0, 0.05) is 5.56 Å². The van der Waals surface area contributed by atoms with Crippen molar-refractivity contribution >= 4 is 28.8 Å². The van der Waals surface area contributed by atoms with Crippen LogP contribution in [0.4, 0.5) is 0 Å². The van der Waals surface area contributed by atoms with E-state index in [1.165, 1.54) is 6.42 Å². The van der Waals surface area contributed by atoms with Gasteiger partial charge in [-0.25, -0.2) is 0 Å². The summed E-state index contributed by atoms with van der Waals surface area (Å²) in [6.45, 7) is 0. The third-order valence-electron chi connectivity index (χ3n) is 6.78. The Kier molecular flexibility index (Phi) is 2.72. The molecular weight excluding hydrogens is 324 g/mol. The van der Waals surface area contributed by atoms with Crippen LogP contribution in [-0.2, 0) is 9.59 Å². The Morgan fingerprint density at radius 3 is 2.27 bits per heavy atom. The highest BCUT2D eigenvalue weighted by molar-refractivity contribution is 6.07. The normalized spacial score (nSPS) is 36.8. The Morgan fingerprint density at radius 1 is 0.885 bits per heavy atom. The molecule has 4 nitrogen and oxygen atoms in total. The van der Waals surface area contributed by atoms with E-state index in [1.807, 2.05) is 42.5 Å². The highest BCUT2D eigenvalue weighted by Crippen LogP contribution is 2.65. The van der Waals surface area contributed by atoms with E-state index in [-0.39, 0.29) is 35.5 Å². The molecule has 4 aliphatic carbocycles. The summed E-state index contributed by atoms with van der Waals surface area (Å²) in [6.07, 6.45) is 7.20. The van der Waals surface area contributed by atoms with Crippen molar-refractivity contribution in [3.8, 4) is 0 Å². The fourth-order valence-corrected chi connectivity index (χ4v) is 5.54. The molecule has 26 heavy (non-hydrogen) atoms. The van der Waals surface area contributed by atoms with Crippen LogP contribution in [0, 0.1) is 35.5 Å². The molecule has 1 aliphatic heterocycles. The van der Waals surface area contributed by atoms with Crippen LogP contribution in [0.3, 0.4) is 0 Å². The van der Waals surface area contributed by atoms with E-state index in [0.717, 1.165) is 21.3 Å². The van der Waals surface area contributed by atoms with Crippen LogP contribution < -0.4 is 0 Å². The molecule has 2 aromatic rings. The number of hydrogen-bond donors (Lipinski definition) is 0. The first-order valence-corrected chi connectivity index (χ1v) is 9.32. The average Bonchev–Trinajstić information content (AvgIpc) is 3.45. The first-order valence-electron chi connectivity index (χ1n) is 9.32. The van der Waals surface area contributed by atoms with E-state index >= 15 is 0 Å². The minimum atomic E-state index is -0.189. The molecule has 0 aromatic heterocycles. The average molecular weight is 342 g/mol. The zero-order valence-corrected chi connectivity index (χ0v) is 14.2. The van der Waals surface area contributed by atoms with Gasteiger partial charge in [0.2, 0.25) is 0 Å². The van der Waals surface area contributed by atoms with Crippen molar-refractivity contribution in [2.24, 2.45) is 40.6 Å². The molecule has 2 amide bonds. The van der Waals surface area contributed by atoms with E-state index in [9.17, 15) is 9.59 Å². The minimum Gasteiger partial charge on any atom is -0.272 e. The Hall–Kier alpha value is -2.75.